The third-order valence-corrected chi connectivity index (χ3v) is 3.50. The topological polar surface area (TPSA) is 73.1 Å². The fourth-order valence-corrected chi connectivity index (χ4v) is 2.39. The van der Waals surface area contributed by atoms with Crippen molar-refractivity contribution in [2.45, 2.75) is 25.2 Å². The molecule has 1 atom stereocenters. The molecule has 1 aliphatic rings. The first kappa shape index (κ1) is 13.1. The van der Waals surface area contributed by atoms with Gasteiger partial charge in [-0.3, -0.25) is 0 Å². The van der Waals surface area contributed by atoms with Crippen molar-refractivity contribution < 1.29 is 9.26 Å². The molecule has 2 aromatic rings. The summed E-state index contributed by atoms with van der Waals surface area (Å²) in [4.78, 5) is 8.67. The molecule has 0 unspecified atom stereocenters. The van der Waals surface area contributed by atoms with Crippen LogP contribution in [-0.4, -0.2) is 35.3 Å². The summed E-state index contributed by atoms with van der Waals surface area (Å²) in [5, 5.41) is 7.41. The van der Waals surface area contributed by atoms with Gasteiger partial charge in [0.15, 0.2) is 5.82 Å². The number of methoxy groups -OCH3 is 1. The van der Waals surface area contributed by atoms with E-state index in [1.54, 1.807) is 13.3 Å². The highest BCUT2D eigenvalue weighted by molar-refractivity contribution is 5.20. The third-order valence-electron chi connectivity index (χ3n) is 3.50. The monoisotopic (exact) mass is 274 g/mol. The second-order valence-electron chi connectivity index (χ2n) is 4.98. The third kappa shape index (κ3) is 2.96. The van der Waals surface area contributed by atoms with E-state index in [1.165, 1.54) is 0 Å². The minimum absolute atomic E-state index is 0.346. The highest BCUT2D eigenvalue weighted by Crippen LogP contribution is 2.22. The van der Waals surface area contributed by atoms with Gasteiger partial charge in [0, 0.05) is 25.2 Å². The molecule has 0 bridgehead atoms. The normalized spacial score (nSPS) is 18.9. The molecule has 0 spiro atoms. The SMILES string of the molecule is COc1ccc(Cc2noc([C@@H]3CCCNC3)n2)cn1. The summed E-state index contributed by atoms with van der Waals surface area (Å²) >= 11 is 0. The summed E-state index contributed by atoms with van der Waals surface area (Å²) in [6.07, 6.45) is 4.67. The van der Waals surface area contributed by atoms with Crippen molar-refractivity contribution >= 4 is 0 Å². The van der Waals surface area contributed by atoms with E-state index in [9.17, 15) is 0 Å². The second-order valence-corrected chi connectivity index (χ2v) is 4.98. The van der Waals surface area contributed by atoms with Gasteiger partial charge < -0.3 is 14.6 Å². The van der Waals surface area contributed by atoms with Gasteiger partial charge in [0.25, 0.3) is 0 Å². The Labute approximate surface area is 117 Å². The summed E-state index contributed by atoms with van der Waals surface area (Å²) in [6, 6.07) is 3.80. The van der Waals surface area contributed by atoms with Crippen LogP contribution in [0.25, 0.3) is 0 Å². The van der Waals surface area contributed by atoms with E-state index >= 15 is 0 Å². The Hall–Kier alpha value is -1.95. The first-order chi connectivity index (χ1) is 9.85. The average Bonchev–Trinajstić information content (AvgIpc) is 2.97. The smallest absolute Gasteiger partial charge is 0.231 e. The lowest BCUT2D eigenvalue weighted by Crippen LogP contribution is -2.28. The van der Waals surface area contributed by atoms with Crippen LogP contribution in [0.2, 0.25) is 0 Å². The maximum atomic E-state index is 5.38. The van der Waals surface area contributed by atoms with Crippen molar-refractivity contribution in [3.63, 3.8) is 0 Å². The van der Waals surface area contributed by atoms with E-state index < -0.39 is 0 Å². The van der Waals surface area contributed by atoms with Crippen molar-refractivity contribution in [3.8, 4) is 5.88 Å². The predicted octanol–water partition coefficient (Wildman–Crippen LogP) is 1.53. The predicted molar refractivity (Wildman–Crippen MR) is 72.7 cm³/mol. The van der Waals surface area contributed by atoms with Gasteiger partial charge in [-0.25, -0.2) is 4.98 Å². The Morgan fingerprint density at radius 1 is 1.45 bits per heavy atom. The van der Waals surface area contributed by atoms with E-state index in [2.05, 4.69) is 20.4 Å². The van der Waals surface area contributed by atoms with Crippen molar-refractivity contribution in [2.75, 3.05) is 20.2 Å². The fourth-order valence-electron chi connectivity index (χ4n) is 2.39. The zero-order valence-corrected chi connectivity index (χ0v) is 11.5. The quantitative estimate of drug-likeness (QED) is 0.911. The van der Waals surface area contributed by atoms with Crippen molar-refractivity contribution in [3.05, 3.63) is 35.6 Å². The average molecular weight is 274 g/mol. The van der Waals surface area contributed by atoms with Gasteiger partial charge in [-0.05, 0) is 24.9 Å². The van der Waals surface area contributed by atoms with Crippen LogP contribution in [0.3, 0.4) is 0 Å². The van der Waals surface area contributed by atoms with Crippen LogP contribution in [0.1, 0.15) is 36.0 Å². The Morgan fingerprint density at radius 3 is 3.10 bits per heavy atom. The first-order valence-corrected chi connectivity index (χ1v) is 6.87. The van der Waals surface area contributed by atoms with Crippen LogP contribution < -0.4 is 10.1 Å². The summed E-state index contributed by atoms with van der Waals surface area (Å²) in [6.45, 7) is 2.00. The molecule has 3 rings (SSSR count). The summed E-state index contributed by atoms with van der Waals surface area (Å²) in [5.41, 5.74) is 1.04. The van der Waals surface area contributed by atoms with Gasteiger partial charge in [-0.1, -0.05) is 11.2 Å². The second kappa shape index (κ2) is 6.00. The van der Waals surface area contributed by atoms with E-state index in [0.717, 1.165) is 37.4 Å². The van der Waals surface area contributed by atoms with E-state index in [-0.39, 0.29) is 0 Å². The molecule has 0 radical (unpaired) electrons. The summed E-state index contributed by atoms with van der Waals surface area (Å²) in [7, 11) is 1.60. The Kier molecular flexibility index (Phi) is 3.92. The highest BCUT2D eigenvalue weighted by Gasteiger charge is 2.21. The number of nitrogens with one attached hydrogen (secondary N) is 1. The lowest BCUT2D eigenvalue weighted by atomic mass is 10.00. The molecule has 0 amide bonds. The van der Waals surface area contributed by atoms with E-state index in [4.69, 9.17) is 9.26 Å². The van der Waals surface area contributed by atoms with E-state index in [0.29, 0.717) is 24.0 Å². The van der Waals surface area contributed by atoms with Crippen LogP contribution in [0.5, 0.6) is 5.88 Å². The molecule has 0 aromatic carbocycles. The van der Waals surface area contributed by atoms with Crippen LogP contribution in [0.15, 0.2) is 22.9 Å². The molecule has 1 fully saturated rings. The minimum Gasteiger partial charge on any atom is -0.481 e. The van der Waals surface area contributed by atoms with Gasteiger partial charge >= 0.3 is 0 Å². The van der Waals surface area contributed by atoms with Gasteiger partial charge in [-0.15, -0.1) is 0 Å². The molecule has 6 heteroatoms. The lowest BCUT2D eigenvalue weighted by molar-refractivity contribution is 0.320. The number of aromatic nitrogens is 3. The number of pyridine rings is 1. The van der Waals surface area contributed by atoms with Gasteiger partial charge in [0.1, 0.15) is 0 Å². The van der Waals surface area contributed by atoms with Crippen LogP contribution >= 0.6 is 0 Å². The zero-order valence-electron chi connectivity index (χ0n) is 11.5. The molecule has 2 aromatic heterocycles. The van der Waals surface area contributed by atoms with Gasteiger partial charge in [-0.2, -0.15) is 4.98 Å². The molecule has 1 saturated heterocycles. The maximum absolute atomic E-state index is 5.38. The molecule has 0 saturated carbocycles. The molecular weight excluding hydrogens is 256 g/mol. The molecule has 6 nitrogen and oxygen atoms in total. The van der Waals surface area contributed by atoms with Gasteiger partial charge in [0.2, 0.25) is 11.8 Å². The molecule has 1 N–H and O–H groups in total. The summed E-state index contributed by atoms with van der Waals surface area (Å²) in [5.74, 6) is 2.40. The Morgan fingerprint density at radius 2 is 2.40 bits per heavy atom. The summed E-state index contributed by atoms with van der Waals surface area (Å²) < 4.78 is 10.4. The highest BCUT2D eigenvalue weighted by atomic mass is 16.5. The first-order valence-electron chi connectivity index (χ1n) is 6.87. The van der Waals surface area contributed by atoms with Crippen molar-refractivity contribution in [1.82, 2.24) is 20.4 Å². The van der Waals surface area contributed by atoms with Crippen LogP contribution in [-0.2, 0) is 6.42 Å². The number of hydrogen-bond acceptors (Lipinski definition) is 6. The molecule has 1 aliphatic heterocycles. The largest absolute Gasteiger partial charge is 0.481 e. The van der Waals surface area contributed by atoms with E-state index in [1.807, 2.05) is 12.1 Å². The maximum Gasteiger partial charge on any atom is 0.231 e. The lowest BCUT2D eigenvalue weighted by Gasteiger charge is -2.18. The number of rotatable bonds is 4. The Bertz CT molecular complexity index is 547. The molecule has 3 heterocycles. The molecule has 106 valence electrons. The van der Waals surface area contributed by atoms with Crippen LogP contribution in [0.4, 0.5) is 0 Å². The molecule has 0 aliphatic carbocycles. The van der Waals surface area contributed by atoms with Crippen molar-refractivity contribution in [2.24, 2.45) is 0 Å². The molecular formula is C14H18N4O2. The number of nitrogens with zero attached hydrogens (tertiary/aromatic N) is 3. The fraction of sp³-hybridized carbons (Fsp3) is 0.500. The standard InChI is InChI=1S/C14H18N4O2/c1-19-13-5-4-10(8-16-13)7-12-17-14(20-18-12)11-3-2-6-15-9-11/h4-5,8,11,15H,2-3,6-7,9H2,1H3/t11-/m1/s1. The minimum atomic E-state index is 0.346. The number of hydrogen-bond donors (Lipinski definition) is 1. The number of ether oxygens (including phenoxy) is 1. The molecule has 20 heavy (non-hydrogen) atoms. The van der Waals surface area contributed by atoms with Crippen LogP contribution in [0, 0.1) is 0 Å². The van der Waals surface area contributed by atoms with Gasteiger partial charge in [0.05, 0.1) is 13.0 Å². The van der Waals surface area contributed by atoms with Crippen molar-refractivity contribution in [1.29, 1.82) is 0 Å². The number of piperidine rings is 1. The Balaban J connectivity index is 1.66. The zero-order chi connectivity index (χ0) is 13.8.